The zero-order valence-corrected chi connectivity index (χ0v) is 21.9. The summed E-state index contributed by atoms with van der Waals surface area (Å²) in [5.74, 6) is -0.840. The van der Waals surface area contributed by atoms with Gasteiger partial charge >= 0.3 is 5.97 Å². The van der Waals surface area contributed by atoms with Crippen molar-refractivity contribution in [3.63, 3.8) is 0 Å². The van der Waals surface area contributed by atoms with E-state index in [0.29, 0.717) is 33.1 Å². The third-order valence-corrected chi connectivity index (χ3v) is 8.03. The zero-order valence-electron chi connectivity index (χ0n) is 21.1. The fourth-order valence-electron chi connectivity index (χ4n) is 4.89. The number of oxazole rings is 1. The van der Waals surface area contributed by atoms with Crippen LogP contribution in [0.5, 0.6) is 0 Å². The second kappa shape index (κ2) is 10.2. The quantitative estimate of drug-likeness (QED) is 0.242. The summed E-state index contributed by atoms with van der Waals surface area (Å²) in [5, 5.41) is 13.3. The van der Waals surface area contributed by atoms with Gasteiger partial charge in [0.15, 0.2) is 11.7 Å². The summed E-state index contributed by atoms with van der Waals surface area (Å²) in [7, 11) is 0. The van der Waals surface area contributed by atoms with Gasteiger partial charge in [-0.2, -0.15) is 5.26 Å². The lowest BCUT2D eigenvalue weighted by molar-refractivity contribution is -0.124. The molecule has 0 saturated carbocycles. The first-order valence-electron chi connectivity index (χ1n) is 12.7. The van der Waals surface area contributed by atoms with E-state index in [-0.39, 0.29) is 12.0 Å². The zero-order chi connectivity index (χ0) is 26.9. The lowest BCUT2D eigenvalue weighted by Gasteiger charge is -2.16. The highest BCUT2D eigenvalue weighted by Crippen LogP contribution is 2.44. The Morgan fingerprint density at radius 2 is 1.79 bits per heavy atom. The molecule has 0 fully saturated rings. The Morgan fingerprint density at radius 1 is 1.05 bits per heavy atom. The third-order valence-electron chi connectivity index (χ3n) is 6.85. The van der Waals surface area contributed by atoms with E-state index in [2.05, 4.69) is 22.4 Å². The van der Waals surface area contributed by atoms with Gasteiger partial charge in [0.2, 0.25) is 5.89 Å². The number of hydrogen-bond donors (Lipinski definition) is 1. The predicted octanol–water partition coefficient (Wildman–Crippen LogP) is 6.77. The van der Waals surface area contributed by atoms with Crippen molar-refractivity contribution in [1.82, 2.24) is 4.98 Å². The number of esters is 1. The molecule has 2 heterocycles. The first-order valence-corrected chi connectivity index (χ1v) is 13.5. The highest BCUT2D eigenvalue weighted by atomic mass is 32.1. The van der Waals surface area contributed by atoms with E-state index in [9.17, 15) is 14.9 Å². The maximum atomic E-state index is 13.3. The molecule has 2 aromatic heterocycles. The fourth-order valence-corrected chi connectivity index (χ4v) is 6.15. The SMILES string of the molecule is CCC(OC(=O)c1ccccc1-c1nc2ccccc2o1)C(=O)Nc1sc2c(c1C#N)CCc1ccccc1-2. The van der Waals surface area contributed by atoms with E-state index in [1.54, 1.807) is 37.3 Å². The number of nitrogens with zero attached hydrogens (tertiary/aromatic N) is 2. The van der Waals surface area contributed by atoms with Crippen molar-refractivity contribution < 1.29 is 18.7 Å². The number of aryl methyl sites for hydroxylation is 1. The van der Waals surface area contributed by atoms with E-state index in [1.165, 1.54) is 16.9 Å². The summed E-state index contributed by atoms with van der Waals surface area (Å²) in [6.07, 6.45) is 0.794. The molecule has 0 radical (unpaired) electrons. The Bertz CT molecular complexity index is 1750. The van der Waals surface area contributed by atoms with Crippen LogP contribution in [-0.2, 0) is 22.4 Å². The van der Waals surface area contributed by atoms with Crippen LogP contribution >= 0.6 is 11.3 Å². The molecule has 8 heteroatoms. The molecule has 192 valence electrons. The number of amides is 1. The van der Waals surface area contributed by atoms with Gasteiger partial charge in [0.25, 0.3) is 5.91 Å². The Labute approximate surface area is 228 Å². The van der Waals surface area contributed by atoms with Gasteiger partial charge in [-0.25, -0.2) is 9.78 Å². The molecule has 0 bridgehead atoms. The number of carbonyl (C=O) groups is 2. The van der Waals surface area contributed by atoms with Crippen LogP contribution in [-0.4, -0.2) is 23.0 Å². The van der Waals surface area contributed by atoms with Crippen molar-refractivity contribution in [2.45, 2.75) is 32.3 Å². The molecular weight excluding hydrogens is 510 g/mol. The molecule has 0 aliphatic heterocycles. The van der Waals surface area contributed by atoms with Crippen LogP contribution in [0, 0.1) is 11.3 Å². The summed E-state index contributed by atoms with van der Waals surface area (Å²) in [6.45, 7) is 1.77. The molecule has 1 aliphatic rings. The molecule has 5 aromatic rings. The van der Waals surface area contributed by atoms with Gasteiger partial charge in [-0.15, -0.1) is 11.3 Å². The number of fused-ring (bicyclic) bond motifs is 4. The lowest BCUT2D eigenvalue weighted by atomic mass is 9.90. The summed E-state index contributed by atoms with van der Waals surface area (Å²) < 4.78 is 11.6. The van der Waals surface area contributed by atoms with Crippen LogP contribution in [0.2, 0.25) is 0 Å². The van der Waals surface area contributed by atoms with Crippen LogP contribution in [0.25, 0.3) is 33.0 Å². The summed E-state index contributed by atoms with van der Waals surface area (Å²) in [5.41, 5.74) is 5.75. The largest absolute Gasteiger partial charge is 0.449 e. The number of nitriles is 1. The van der Waals surface area contributed by atoms with Crippen LogP contribution in [0.15, 0.2) is 77.2 Å². The molecule has 6 rings (SSSR count). The summed E-state index contributed by atoms with van der Waals surface area (Å²) in [6, 6.07) is 24.6. The third kappa shape index (κ3) is 4.47. The molecule has 1 unspecified atom stereocenters. The Balaban J connectivity index is 1.24. The smallest absolute Gasteiger partial charge is 0.339 e. The number of carbonyl (C=O) groups excluding carboxylic acids is 2. The van der Waals surface area contributed by atoms with Crippen molar-refractivity contribution >= 4 is 39.3 Å². The number of aromatic nitrogens is 1. The minimum absolute atomic E-state index is 0.246. The van der Waals surface area contributed by atoms with Crippen LogP contribution < -0.4 is 5.32 Å². The van der Waals surface area contributed by atoms with Crippen LogP contribution in [0.1, 0.15) is 40.4 Å². The molecule has 3 aromatic carbocycles. The van der Waals surface area contributed by atoms with Gasteiger partial charge in [-0.05, 0) is 60.2 Å². The normalized spacial score (nSPS) is 12.7. The number of benzene rings is 3. The predicted molar refractivity (Wildman–Crippen MR) is 149 cm³/mol. The summed E-state index contributed by atoms with van der Waals surface area (Å²) >= 11 is 1.39. The number of thiophene rings is 1. The van der Waals surface area contributed by atoms with Crippen molar-refractivity contribution in [1.29, 1.82) is 5.26 Å². The first kappa shape index (κ1) is 24.6. The van der Waals surface area contributed by atoms with Crippen LogP contribution in [0.4, 0.5) is 5.00 Å². The number of anilines is 1. The van der Waals surface area contributed by atoms with Gasteiger partial charge in [0, 0.05) is 4.88 Å². The van der Waals surface area contributed by atoms with Gasteiger partial charge < -0.3 is 14.5 Å². The van der Waals surface area contributed by atoms with E-state index < -0.39 is 18.0 Å². The van der Waals surface area contributed by atoms with E-state index in [0.717, 1.165) is 28.8 Å². The average Bonchev–Trinajstić information content (AvgIpc) is 3.56. The second-order valence-corrected chi connectivity index (χ2v) is 10.2. The molecular formula is C31H23N3O4S. The van der Waals surface area contributed by atoms with Crippen molar-refractivity contribution in [2.24, 2.45) is 0 Å². The van der Waals surface area contributed by atoms with Crippen molar-refractivity contribution in [2.75, 3.05) is 5.32 Å². The van der Waals surface area contributed by atoms with Gasteiger partial charge in [0.1, 0.15) is 16.6 Å². The highest BCUT2D eigenvalue weighted by molar-refractivity contribution is 7.20. The lowest BCUT2D eigenvalue weighted by Crippen LogP contribution is -2.32. The monoisotopic (exact) mass is 533 g/mol. The topological polar surface area (TPSA) is 105 Å². The number of rotatable bonds is 6. The molecule has 1 aliphatic carbocycles. The molecule has 0 spiro atoms. The van der Waals surface area contributed by atoms with Crippen LogP contribution in [0.3, 0.4) is 0 Å². The van der Waals surface area contributed by atoms with Crippen molar-refractivity contribution in [3.05, 3.63) is 95.1 Å². The maximum Gasteiger partial charge on any atom is 0.339 e. The second-order valence-electron chi connectivity index (χ2n) is 9.21. The molecule has 7 nitrogen and oxygen atoms in total. The highest BCUT2D eigenvalue weighted by Gasteiger charge is 2.29. The van der Waals surface area contributed by atoms with Gasteiger partial charge in [-0.3, -0.25) is 4.79 Å². The molecule has 0 saturated heterocycles. The molecule has 39 heavy (non-hydrogen) atoms. The van der Waals surface area contributed by atoms with E-state index in [4.69, 9.17) is 9.15 Å². The number of ether oxygens (including phenoxy) is 1. The molecule has 1 amide bonds. The first-order chi connectivity index (χ1) is 19.1. The van der Waals surface area contributed by atoms with Gasteiger partial charge in [-0.1, -0.05) is 55.5 Å². The standard InChI is InChI=1S/C31H23N3O4S/c1-2-25(28(35)34-30-23(17-32)20-16-15-18-9-3-4-10-19(18)27(20)39-30)38-31(36)22-12-6-5-11-21(22)29-33-24-13-7-8-14-26(24)37-29/h3-14,25H,2,15-16H2,1H3,(H,34,35). The number of nitrogens with one attached hydrogen (secondary N) is 1. The maximum absolute atomic E-state index is 13.3. The number of para-hydroxylation sites is 2. The fraction of sp³-hybridized carbons (Fsp3) is 0.161. The molecule has 1 N–H and O–H groups in total. The average molecular weight is 534 g/mol. The Hall–Kier alpha value is -4.74. The van der Waals surface area contributed by atoms with E-state index in [1.807, 2.05) is 36.4 Å². The van der Waals surface area contributed by atoms with Crippen molar-refractivity contribution in [3.8, 4) is 28.0 Å². The van der Waals surface area contributed by atoms with E-state index >= 15 is 0 Å². The minimum Gasteiger partial charge on any atom is -0.449 e. The number of hydrogen-bond acceptors (Lipinski definition) is 7. The summed E-state index contributed by atoms with van der Waals surface area (Å²) in [4.78, 5) is 32.1. The molecule has 1 atom stereocenters. The minimum atomic E-state index is -1.05. The van der Waals surface area contributed by atoms with Gasteiger partial charge in [0.05, 0.1) is 16.7 Å². The Kier molecular flexibility index (Phi) is 6.43. The Morgan fingerprint density at radius 3 is 2.59 bits per heavy atom.